The van der Waals surface area contributed by atoms with Crippen LogP contribution in [0.3, 0.4) is 0 Å². The Morgan fingerprint density at radius 2 is 2.18 bits per heavy atom. The first-order chi connectivity index (χ1) is 8.26. The number of para-hydroxylation sites is 1. The molecule has 17 heavy (non-hydrogen) atoms. The molecule has 1 aromatic carbocycles. The second-order valence-electron chi connectivity index (χ2n) is 3.93. The molecule has 0 fully saturated rings. The summed E-state index contributed by atoms with van der Waals surface area (Å²) < 4.78 is 6.76. The number of rotatable bonds is 5. The van der Waals surface area contributed by atoms with Crippen LogP contribution in [0.5, 0.6) is 0 Å². The van der Waals surface area contributed by atoms with Crippen molar-refractivity contribution in [3.8, 4) is 0 Å². The third-order valence-electron chi connectivity index (χ3n) is 2.70. The number of ether oxygens (including phenoxy) is 1. The molecule has 4 heteroatoms. The van der Waals surface area contributed by atoms with Gasteiger partial charge in [-0.25, -0.2) is 0 Å². The SMILES string of the molecule is CCn1nc(CC(=O)COC)c2ccccc21. The minimum absolute atomic E-state index is 0.0546. The lowest BCUT2D eigenvalue weighted by molar-refractivity contribution is -0.122. The molecule has 0 aliphatic heterocycles. The topological polar surface area (TPSA) is 44.1 Å². The summed E-state index contributed by atoms with van der Waals surface area (Å²) in [5.41, 5.74) is 1.92. The molecule has 0 spiro atoms. The van der Waals surface area contributed by atoms with E-state index in [4.69, 9.17) is 4.74 Å². The number of carbonyl (C=O) groups excluding carboxylic acids is 1. The van der Waals surface area contributed by atoms with Crippen LogP contribution in [0.4, 0.5) is 0 Å². The number of methoxy groups -OCH3 is 1. The second-order valence-corrected chi connectivity index (χ2v) is 3.93. The van der Waals surface area contributed by atoms with Crippen molar-refractivity contribution in [1.82, 2.24) is 9.78 Å². The van der Waals surface area contributed by atoms with Gasteiger partial charge in [0.25, 0.3) is 0 Å². The molecule has 0 atom stereocenters. The summed E-state index contributed by atoms with van der Waals surface area (Å²) in [5.74, 6) is 0.0546. The van der Waals surface area contributed by atoms with Gasteiger partial charge in [-0.1, -0.05) is 18.2 Å². The molecule has 0 bridgehead atoms. The fourth-order valence-corrected chi connectivity index (χ4v) is 1.97. The van der Waals surface area contributed by atoms with E-state index in [2.05, 4.69) is 5.10 Å². The van der Waals surface area contributed by atoms with Crippen LogP contribution in [-0.2, 0) is 22.5 Å². The molecule has 0 N–H and O–H groups in total. The molecule has 0 amide bonds. The molecule has 2 aromatic rings. The minimum atomic E-state index is 0.0546. The molecule has 0 saturated carbocycles. The molecule has 4 nitrogen and oxygen atoms in total. The zero-order valence-electron chi connectivity index (χ0n) is 10.1. The largest absolute Gasteiger partial charge is 0.377 e. The molecule has 0 saturated heterocycles. The van der Waals surface area contributed by atoms with E-state index >= 15 is 0 Å². The number of aryl methyl sites for hydroxylation is 1. The standard InChI is InChI=1S/C13H16N2O2/c1-3-15-13-7-5-4-6-11(13)12(14-15)8-10(16)9-17-2/h4-7H,3,8-9H2,1-2H3. The molecule has 0 radical (unpaired) electrons. The summed E-state index contributed by atoms with van der Waals surface area (Å²) in [6, 6.07) is 7.98. The van der Waals surface area contributed by atoms with Crippen LogP contribution in [0.2, 0.25) is 0 Å². The smallest absolute Gasteiger partial charge is 0.164 e. The average molecular weight is 232 g/mol. The van der Waals surface area contributed by atoms with Gasteiger partial charge in [0.2, 0.25) is 0 Å². The van der Waals surface area contributed by atoms with Crippen molar-refractivity contribution in [2.45, 2.75) is 19.9 Å². The van der Waals surface area contributed by atoms with E-state index < -0.39 is 0 Å². The molecule has 0 aliphatic rings. The first kappa shape index (κ1) is 11.8. The summed E-state index contributed by atoms with van der Waals surface area (Å²) >= 11 is 0. The van der Waals surface area contributed by atoms with Gasteiger partial charge < -0.3 is 4.74 Å². The molecular formula is C13H16N2O2. The molecule has 0 unspecified atom stereocenters. The van der Waals surface area contributed by atoms with Crippen LogP contribution in [0, 0.1) is 0 Å². The van der Waals surface area contributed by atoms with E-state index in [1.54, 1.807) is 0 Å². The predicted octanol–water partition coefficient (Wildman–Crippen LogP) is 1.81. The number of fused-ring (bicyclic) bond motifs is 1. The third kappa shape index (κ3) is 2.36. The number of hydrogen-bond donors (Lipinski definition) is 0. The lowest BCUT2D eigenvalue weighted by Gasteiger charge is -1.96. The Balaban J connectivity index is 2.37. The van der Waals surface area contributed by atoms with Crippen molar-refractivity contribution < 1.29 is 9.53 Å². The van der Waals surface area contributed by atoms with Gasteiger partial charge in [-0.15, -0.1) is 0 Å². The predicted molar refractivity (Wildman–Crippen MR) is 66.0 cm³/mol. The average Bonchev–Trinajstić information content (AvgIpc) is 2.68. The van der Waals surface area contributed by atoms with Gasteiger partial charge in [0.15, 0.2) is 5.78 Å². The number of carbonyl (C=O) groups is 1. The normalized spacial score (nSPS) is 10.9. The van der Waals surface area contributed by atoms with Gasteiger partial charge >= 0.3 is 0 Å². The summed E-state index contributed by atoms with van der Waals surface area (Å²) in [5, 5.41) is 5.52. The maximum absolute atomic E-state index is 11.6. The number of aromatic nitrogens is 2. The van der Waals surface area contributed by atoms with E-state index in [0.717, 1.165) is 23.1 Å². The molecule has 2 rings (SSSR count). The number of nitrogens with zero attached hydrogens (tertiary/aromatic N) is 2. The number of hydrogen-bond acceptors (Lipinski definition) is 3. The second kappa shape index (κ2) is 5.10. The number of Topliss-reactive ketones (excluding diaryl/α,β-unsaturated/α-hetero) is 1. The monoisotopic (exact) mass is 232 g/mol. The fraction of sp³-hybridized carbons (Fsp3) is 0.385. The van der Waals surface area contributed by atoms with Crippen molar-refractivity contribution in [2.75, 3.05) is 13.7 Å². The quantitative estimate of drug-likeness (QED) is 0.789. The zero-order chi connectivity index (χ0) is 12.3. The van der Waals surface area contributed by atoms with Gasteiger partial charge in [-0.05, 0) is 13.0 Å². The van der Waals surface area contributed by atoms with Crippen LogP contribution in [0.1, 0.15) is 12.6 Å². The molecule has 0 aliphatic carbocycles. The molecule has 1 heterocycles. The van der Waals surface area contributed by atoms with Gasteiger partial charge in [0, 0.05) is 19.0 Å². The van der Waals surface area contributed by atoms with Crippen LogP contribution >= 0.6 is 0 Å². The van der Waals surface area contributed by atoms with E-state index in [9.17, 15) is 4.79 Å². The van der Waals surface area contributed by atoms with Gasteiger partial charge in [-0.3, -0.25) is 9.48 Å². The summed E-state index contributed by atoms with van der Waals surface area (Å²) in [6.07, 6.45) is 0.335. The highest BCUT2D eigenvalue weighted by Gasteiger charge is 2.12. The minimum Gasteiger partial charge on any atom is -0.377 e. The van der Waals surface area contributed by atoms with Crippen molar-refractivity contribution >= 4 is 16.7 Å². The summed E-state index contributed by atoms with van der Waals surface area (Å²) in [7, 11) is 1.53. The lowest BCUT2D eigenvalue weighted by atomic mass is 10.1. The first-order valence-electron chi connectivity index (χ1n) is 5.71. The van der Waals surface area contributed by atoms with Crippen LogP contribution in [-0.4, -0.2) is 29.3 Å². The third-order valence-corrected chi connectivity index (χ3v) is 2.70. The Hall–Kier alpha value is -1.68. The van der Waals surface area contributed by atoms with E-state index in [-0.39, 0.29) is 12.4 Å². The van der Waals surface area contributed by atoms with Crippen LogP contribution in [0.15, 0.2) is 24.3 Å². The van der Waals surface area contributed by atoms with Crippen molar-refractivity contribution in [1.29, 1.82) is 0 Å². The van der Waals surface area contributed by atoms with E-state index in [0.29, 0.717) is 6.42 Å². The van der Waals surface area contributed by atoms with E-state index in [1.165, 1.54) is 7.11 Å². The zero-order valence-corrected chi connectivity index (χ0v) is 10.1. The maximum atomic E-state index is 11.6. The number of benzene rings is 1. The Kier molecular flexibility index (Phi) is 3.54. The Morgan fingerprint density at radius 1 is 1.41 bits per heavy atom. The Bertz CT molecular complexity index is 531. The Morgan fingerprint density at radius 3 is 2.88 bits per heavy atom. The summed E-state index contributed by atoms with van der Waals surface area (Å²) in [6.45, 7) is 2.99. The molecular weight excluding hydrogens is 216 g/mol. The summed E-state index contributed by atoms with van der Waals surface area (Å²) in [4.78, 5) is 11.6. The molecule has 90 valence electrons. The van der Waals surface area contributed by atoms with Crippen molar-refractivity contribution in [2.24, 2.45) is 0 Å². The Labute approximate surface area is 100 Å². The first-order valence-corrected chi connectivity index (χ1v) is 5.71. The fourth-order valence-electron chi connectivity index (χ4n) is 1.97. The van der Waals surface area contributed by atoms with Crippen molar-refractivity contribution in [3.63, 3.8) is 0 Å². The highest BCUT2D eigenvalue weighted by Crippen LogP contribution is 2.18. The highest BCUT2D eigenvalue weighted by atomic mass is 16.5. The van der Waals surface area contributed by atoms with Crippen molar-refractivity contribution in [3.05, 3.63) is 30.0 Å². The molecule has 1 aromatic heterocycles. The van der Waals surface area contributed by atoms with E-state index in [1.807, 2.05) is 35.9 Å². The van der Waals surface area contributed by atoms with Crippen LogP contribution < -0.4 is 0 Å². The van der Waals surface area contributed by atoms with Gasteiger partial charge in [0.1, 0.15) is 6.61 Å². The number of ketones is 1. The van der Waals surface area contributed by atoms with Gasteiger partial charge in [0.05, 0.1) is 17.6 Å². The van der Waals surface area contributed by atoms with Crippen LogP contribution in [0.25, 0.3) is 10.9 Å². The highest BCUT2D eigenvalue weighted by molar-refractivity contribution is 5.89. The lowest BCUT2D eigenvalue weighted by Crippen LogP contribution is -2.10. The van der Waals surface area contributed by atoms with Gasteiger partial charge in [-0.2, -0.15) is 5.10 Å². The maximum Gasteiger partial charge on any atom is 0.164 e.